The summed E-state index contributed by atoms with van der Waals surface area (Å²) in [6.45, 7) is 6.40. The first-order valence-corrected chi connectivity index (χ1v) is 8.65. The predicted molar refractivity (Wildman–Crippen MR) is 101 cm³/mol. The lowest BCUT2D eigenvalue weighted by atomic mass is 10.1. The molecule has 0 aliphatic heterocycles. The summed E-state index contributed by atoms with van der Waals surface area (Å²) in [5.74, 6) is 0.746. The van der Waals surface area contributed by atoms with Crippen LogP contribution < -0.4 is 9.47 Å². The molecule has 0 radical (unpaired) electrons. The zero-order valence-corrected chi connectivity index (χ0v) is 15.8. The van der Waals surface area contributed by atoms with Crippen molar-refractivity contribution in [1.82, 2.24) is 19.7 Å². The maximum absolute atomic E-state index is 11.4. The van der Waals surface area contributed by atoms with Gasteiger partial charge in [0.1, 0.15) is 12.2 Å². The standard InChI is InChI=1S/C20H22N4O3/c1-13(2)24-20(14(3)8-23-24)19-15(6-5-7-22-19)12-27-18-10-21-9-17(26-4)16(18)11-25/h5-11,13H,12H2,1-4H3. The zero-order valence-electron chi connectivity index (χ0n) is 15.8. The Balaban J connectivity index is 1.95. The second kappa shape index (κ2) is 7.99. The van der Waals surface area contributed by atoms with Gasteiger partial charge in [-0.3, -0.25) is 19.4 Å². The number of carbonyl (C=O) groups is 1. The second-order valence-electron chi connectivity index (χ2n) is 6.39. The van der Waals surface area contributed by atoms with E-state index in [4.69, 9.17) is 9.47 Å². The van der Waals surface area contributed by atoms with E-state index >= 15 is 0 Å². The van der Waals surface area contributed by atoms with Crippen LogP contribution in [-0.4, -0.2) is 33.1 Å². The topological polar surface area (TPSA) is 79.1 Å². The van der Waals surface area contributed by atoms with Crippen LogP contribution in [0.3, 0.4) is 0 Å². The van der Waals surface area contributed by atoms with E-state index in [2.05, 4.69) is 28.9 Å². The molecule has 0 aliphatic carbocycles. The molecule has 27 heavy (non-hydrogen) atoms. The van der Waals surface area contributed by atoms with Gasteiger partial charge in [0.15, 0.2) is 17.8 Å². The Morgan fingerprint density at radius 3 is 2.70 bits per heavy atom. The maximum atomic E-state index is 11.4. The van der Waals surface area contributed by atoms with E-state index in [-0.39, 0.29) is 12.6 Å². The van der Waals surface area contributed by atoms with Crippen molar-refractivity contribution >= 4 is 6.29 Å². The fraction of sp³-hybridized carbons (Fsp3) is 0.300. The number of aromatic nitrogens is 4. The van der Waals surface area contributed by atoms with Crippen LogP contribution in [0, 0.1) is 6.92 Å². The van der Waals surface area contributed by atoms with Gasteiger partial charge < -0.3 is 9.47 Å². The van der Waals surface area contributed by atoms with E-state index < -0.39 is 0 Å². The molecule has 0 saturated carbocycles. The Hall–Kier alpha value is -3.22. The molecule has 0 aromatic carbocycles. The molecule has 0 fully saturated rings. The molecular formula is C20H22N4O3. The van der Waals surface area contributed by atoms with E-state index in [0.717, 1.165) is 22.5 Å². The van der Waals surface area contributed by atoms with Gasteiger partial charge in [-0.15, -0.1) is 0 Å². The lowest BCUT2D eigenvalue weighted by molar-refractivity contribution is 0.111. The van der Waals surface area contributed by atoms with E-state index in [1.165, 1.54) is 19.5 Å². The summed E-state index contributed by atoms with van der Waals surface area (Å²) in [5, 5.41) is 4.46. The maximum Gasteiger partial charge on any atom is 0.157 e. The van der Waals surface area contributed by atoms with Gasteiger partial charge in [0.2, 0.25) is 0 Å². The van der Waals surface area contributed by atoms with Crippen LogP contribution in [0.15, 0.2) is 36.9 Å². The molecule has 0 unspecified atom stereocenters. The highest BCUT2D eigenvalue weighted by molar-refractivity contribution is 5.83. The third kappa shape index (κ3) is 3.67. The highest BCUT2D eigenvalue weighted by Gasteiger charge is 2.18. The fourth-order valence-corrected chi connectivity index (χ4v) is 2.89. The molecule has 0 saturated heterocycles. The van der Waals surface area contributed by atoms with Crippen molar-refractivity contribution in [3.05, 3.63) is 53.6 Å². The minimum absolute atomic E-state index is 0.203. The summed E-state index contributed by atoms with van der Waals surface area (Å²) in [4.78, 5) is 20.0. The average molecular weight is 366 g/mol. The number of hydrogen-bond acceptors (Lipinski definition) is 6. The molecule has 0 atom stereocenters. The lowest BCUT2D eigenvalue weighted by Gasteiger charge is -2.15. The predicted octanol–water partition coefficient (Wildman–Crippen LogP) is 3.63. The largest absolute Gasteiger partial charge is 0.494 e. The molecule has 3 rings (SSSR count). The molecule has 0 N–H and O–H groups in total. The van der Waals surface area contributed by atoms with Gasteiger partial charge in [-0.25, -0.2) is 0 Å². The van der Waals surface area contributed by atoms with E-state index in [0.29, 0.717) is 23.3 Å². The monoisotopic (exact) mass is 366 g/mol. The van der Waals surface area contributed by atoms with Gasteiger partial charge in [0.25, 0.3) is 0 Å². The molecule has 0 amide bonds. The summed E-state index contributed by atoms with van der Waals surface area (Å²) in [6.07, 6.45) is 7.28. The Morgan fingerprint density at radius 2 is 2.00 bits per heavy atom. The highest BCUT2D eigenvalue weighted by atomic mass is 16.5. The summed E-state index contributed by atoms with van der Waals surface area (Å²) in [6, 6.07) is 4.01. The summed E-state index contributed by atoms with van der Waals surface area (Å²) >= 11 is 0. The molecule has 0 spiro atoms. The van der Waals surface area contributed by atoms with E-state index in [1.807, 2.05) is 29.9 Å². The molecule has 3 heterocycles. The first-order chi connectivity index (χ1) is 13.1. The first kappa shape index (κ1) is 18.6. The molecule has 0 bridgehead atoms. The van der Waals surface area contributed by atoms with Crippen LogP contribution in [0.4, 0.5) is 0 Å². The molecule has 3 aromatic heterocycles. The Labute approximate surface area is 158 Å². The quantitative estimate of drug-likeness (QED) is 0.594. The number of hydrogen-bond donors (Lipinski definition) is 0. The minimum Gasteiger partial charge on any atom is -0.494 e. The molecule has 7 heteroatoms. The normalized spacial score (nSPS) is 10.9. The molecule has 0 aliphatic rings. The Kier molecular flexibility index (Phi) is 5.49. The van der Waals surface area contributed by atoms with Gasteiger partial charge >= 0.3 is 0 Å². The number of rotatable bonds is 7. The Bertz CT molecular complexity index is 950. The van der Waals surface area contributed by atoms with Crippen molar-refractivity contribution in [1.29, 1.82) is 0 Å². The zero-order chi connectivity index (χ0) is 19.4. The van der Waals surface area contributed by atoms with Crippen LogP contribution in [0.1, 0.15) is 41.4 Å². The molecule has 140 valence electrons. The van der Waals surface area contributed by atoms with Crippen LogP contribution in [-0.2, 0) is 6.61 Å². The first-order valence-electron chi connectivity index (χ1n) is 8.65. The molecular weight excluding hydrogens is 344 g/mol. The number of pyridine rings is 2. The SMILES string of the molecule is COc1cncc(OCc2cccnc2-c2c(C)cnn2C(C)C)c1C=O. The van der Waals surface area contributed by atoms with Gasteiger partial charge in [-0.05, 0) is 32.4 Å². The van der Waals surface area contributed by atoms with Gasteiger partial charge in [0.05, 0.1) is 37.1 Å². The van der Waals surface area contributed by atoms with Gasteiger partial charge in [-0.2, -0.15) is 5.10 Å². The van der Waals surface area contributed by atoms with Crippen molar-refractivity contribution in [2.24, 2.45) is 0 Å². The number of aryl methyl sites for hydroxylation is 1. The average Bonchev–Trinajstić information content (AvgIpc) is 3.07. The van der Waals surface area contributed by atoms with Crippen molar-refractivity contribution in [3.8, 4) is 22.9 Å². The number of ether oxygens (including phenoxy) is 2. The smallest absolute Gasteiger partial charge is 0.157 e. The summed E-state index contributed by atoms with van der Waals surface area (Å²) < 4.78 is 13.0. The summed E-state index contributed by atoms with van der Waals surface area (Å²) in [7, 11) is 1.49. The van der Waals surface area contributed by atoms with Crippen LogP contribution >= 0.6 is 0 Å². The number of nitrogens with zero attached hydrogens (tertiary/aromatic N) is 4. The number of aldehydes is 1. The number of carbonyl (C=O) groups excluding carboxylic acids is 1. The van der Waals surface area contributed by atoms with Crippen molar-refractivity contribution in [3.63, 3.8) is 0 Å². The number of methoxy groups -OCH3 is 1. The van der Waals surface area contributed by atoms with Crippen molar-refractivity contribution < 1.29 is 14.3 Å². The lowest BCUT2D eigenvalue weighted by Crippen LogP contribution is -2.09. The van der Waals surface area contributed by atoms with E-state index in [9.17, 15) is 4.79 Å². The van der Waals surface area contributed by atoms with Gasteiger partial charge in [0, 0.05) is 17.8 Å². The minimum atomic E-state index is 0.203. The summed E-state index contributed by atoms with van der Waals surface area (Å²) in [5.41, 5.74) is 4.04. The molecule has 7 nitrogen and oxygen atoms in total. The third-order valence-electron chi connectivity index (χ3n) is 4.22. The Morgan fingerprint density at radius 1 is 1.22 bits per heavy atom. The highest BCUT2D eigenvalue weighted by Crippen LogP contribution is 2.29. The third-order valence-corrected chi connectivity index (χ3v) is 4.22. The van der Waals surface area contributed by atoms with E-state index in [1.54, 1.807) is 6.20 Å². The van der Waals surface area contributed by atoms with Crippen molar-refractivity contribution in [2.45, 2.75) is 33.4 Å². The second-order valence-corrected chi connectivity index (χ2v) is 6.39. The van der Waals surface area contributed by atoms with Crippen molar-refractivity contribution in [2.75, 3.05) is 7.11 Å². The fourth-order valence-electron chi connectivity index (χ4n) is 2.89. The van der Waals surface area contributed by atoms with Crippen LogP contribution in [0.2, 0.25) is 0 Å². The van der Waals surface area contributed by atoms with Crippen LogP contribution in [0.25, 0.3) is 11.4 Å². The van der Waals surface area contributed by atoms with Gasteiger partial charge in [-0.1, -0.05) is 6.07 Å². The van der Waals surface area contributed by atoms with Crippen LogP contribution in [0.5, 0.6) is 11.5 Å². The molecule has 3 aromatic rings.